The number of nitrogens with one attached hydrogen (secondary N) is 1. The first kappa shape index (κ1) is 14.3. The third-order valence-electron chi connectivity index (χ3n) is 3.03. The predicted molar refractivity (Wildman–Crippen MR) is 80.1 cm³/mol. The molecule has 0 saturated heterocycles. The molecule has 0 aliphatic heterocycles. The SMILES string of the molecule is Cc1ccnc(NS(=O)(=O)c2c(C)ccc(C)c2N)c1. The van der Waals surface area contributed by atoms with Gasteiger partial charge in [0.2, 0.25) is 0 Å². The van der Waals surface area contributed by atoms with Gasteiger partial charge in [0.25, 0.3) is 10.0 Å². The number of rotatable bonds is 3. The molecule has 0 saturated carbocycles. The van der Waals surface area contributed by atoms with Crippen molar-refractivity contribution in [1.82, 2.24) is 4.98 Å². The zero-order chi connectivity index (χ0) is 14.9. The number of aryl methyl sites for hydroxylation is 3. The first-order valence-electron chi connectivity index (χ1n) is 6.12. The number of hydrogen-bond donors (Lipinski definition) is 2. The normalized spacial score (nSPS) is 11.3. The zero-order valence-electron chi connectivity index (χ0n) is 11.6. The summed E-state index contributed by atoms with van der Waals surface area (Å²) in [5.74, 6) is 0.283. The van der Waals surface area contributed by atoms with E-state index in [1.807, 2.05) is 6.92 Å². The monoisotopic (exact) mass is 291 g/mol. The van der Waals surface area contributed by atoms with Gasteiger partial charge in [0.05, 0.1) is 5.69 Å². The molecule has 0 spiro atoms. The lowest BCUT2D eigenvalue weighted by atomic mass is 10.1. The summed E-state index contributed by atoms with van der Waals surface area (Å²) in [6, 6.07) is 7.00. The smallest absolute Gasteiger partial charge is 0.265 e. The number of anilines is 2. The highest BCUT2D eigenvalue weighted by Crippen LogP contribution is 2.27. The number of pyridine rings is 1. The summed E-state index contributed by atoms with van der Waals surface area (Å²) >= 11 is 0. The molecule has 0 fully saturated rings. The molecule has 0 radical (unpaired) electrons. The second kappa shape index (κ2) is 5.13. The summed E-state index contributed by atoms with van der Waals surface area (Å²) in [7, 11) is -3.75. The molecular formula is C14H17N3O2S. The van der Waals surface area contributed by atoms with Crippen LogP contribution in [0.25, 0.3) is 0 Å². The molecule has 0 bridgehead atoms. The minimum absolute atomic E-state index is 0.112. The number of nitrogens with two attached hydrogens (primary N) is 1. The minimum atomic E-state index is -3.75. The molecule has 3 N–H and O–H groups in total. The molecule has 20 heavy (non-hydrogen) atoms. The molecule has 1 aromatic heterocycles. The molecular weight excluding hydrogens is 274 g/mol. The van der Waals surface area contributed by atoms with Crippen molar-refractivity contribution in [1.29, 1.82) is 0 Å². The maximum Gasteiger partial charge on any atom is 0.265 e. The molecule has 106 valence electrons. The standard InChI is InChI=1S/C14H17N3O2S/c1-9-6-7-16-12(8-9)17-20(18,19)14-11(3)5-4-10(2)13(14)15/h4-8H,15H2,1-3H3,(H,16,17). The Hall–Kier alpha value is -2.08. The molecule has 0 atom stereocenters. The highest BCUT2D eigenvalue weighted by Gasteiger charge is 2.21. The molecule has 1 heterocycles. The molecule has 6 heteroatoms. The van der Waals surface area contributed by atoms with Crippen molar-refractivity contribution in [3.8, 4) is 0 Å². The van der Waals surface area contributed by atoms with Crippen molar-refractivity contribution >= 4 is 21.5 Å². The van der Waals surface area contributed by atoms with E-state index in [1.165, 1.54) is 0 Å². The van der Waals surface area contributed by atoms with E-state index in [0.29, 0.717) is 5.56 Å². The van der Waals surface area contributed by atoms with Crippen LogP contribution in [0.1, 0.15) is 16.7 Å². The van der Waals surface area contributed by atoms with Crippen LogP contribution < -0.4 is 10.5 Å². The summed E-state index contributed by atoms with van der Waals surface area (Å²) in [5.41, 5.74) is 8.44. The van der Waals surface area contributed by atoms with Gasteiger partial charge in [0.15, 0.2) is 0 Å². The summed E-state index contributed by atoms with van der Waals surface area (Å²) in [5, 5.41) is 0. The van der Waals surface area contributed by atoms with Gasteiger partial charge in [-0.05, 0) is 49.6 Å². The van der Waals surface area contributed by atoms with Crippen LogP contribution in [0.2, 0.25) is 0 Å². The molecule has 5 nitrogen and oxygen atoms in total. The van der Waals surface area contributed by atoms with Gasteiger partial charge in [-0.25, -0.2) is 13.4 Å². The van der Waals surface area contributed by atoms with Crippen LogP contribution in [-0.4, -0.2) is 13.4 Å². The maximum atomic E-state index is 12.5. The van der Waals surface area contributed by atoms with E-state index in [-0.39, 0.29) is 16.4 Å². The minimum Gasteiger partial charge on any atom is -0.397 e. The van der Waals surface area contributed by atoms with Crippen molar-refractivity contribution in [2.75, 3.05) is 10.5 Å². The van der Waals surface area contributed by atoms with Crippen molar-refractivity contribution in [2.24, 2.45) is 0 Å². The van der Waals surface area contributed by atoms with Gasteiger partial charge < -0.3 is 5.73 Å². The van der Waals surface area contributed by atoms with Crippen LogP contribution in [0.4, 0.5) is 11.5 Å². The first-order chi connectivity index (χ1) is 9.31. The fourth-order valence-electron chi connectivity index (χ4n) is 1.94. The highest BCUT2D eigenvalue weighted by molar-refractivity contribution is 7.93. The Morgan fingerprint density at radius 3 is 2.40 bits per heavy atom. The van der Waals surface area contributed by atoms with Gasteiger partial charge in [0, 0.05) is 6.20 Å². The topological polar surface area (TPSA) is 85.1 Å². The van der Waals surface area contributed by atoms with Gasteiger partial charge in [0.1, 0.15) is 10.7 Å². The number of aromatic nitrogens is 1. The number of benzene rings is 1. The van der Waals surface area contributed by atoms with Crippen LogP contribution >= 0.6 is 0 Å². The third kappa shape index (κ3) is 2.75. The predicted octanol–water partition coefficient (Wildman–Crippen LogP) is 2.39. The first-order valence-corrected chi connectivity index (χ1v) is 7.61. The molecule has 2 aromatic rings. The van der Waals surface area contributed by atoms with Crippen LogP contribution in [0.5, 0.6) is 0 Å². The molecule has 0 unspecified atom stereocenters. The summed E-state index contributed by atoms with van der Waals surface area (Å²) in [6.45, 7) is 5.36. The largest absolute Gasteiger partial charge is 0.397 e. The van der Waals surface area contributed by atoms with Gasteiger partial charge in [-0.1, -0.05) is 12.1 Å². The van der Waals surface area contributed by atoms with Crippen molar-refractivity contribution in [2.45, 2.75) is 25.7 Å². The summed E-state index contributed by atoms with van der Waals surface area (Å²) in [6.07, 6.45) is 1.56. The number of nitrogen functional groups attached to an aromatic ring is 1. The quantitative estimate of drug-likeness (QED) is 0.850. The van der Waals surface area contributed by atoms with E-state index in [9.17, 15) is 8.42 Å². The van der Waals surface area contributed by atoms with Crippen LogP contribution in [-0.2, 0) is 10.0 Å². The van der Waals surface area contributed by atoms with Crippen molar-refractivity contribution in [3.05, 3.63) is 47.2 Å². The van der Waals surface area contributed by atoms with Gasteiger partial charge >= 0.3 is 0 Å². The van der Waals surface area contributed by atoms with Crippen molar-refractivity contribution < 1.29 is 8.42 Å². The number of sulfonamides is 1. The van der Waals surface area contributed by atoms with Crippen LogP contribution in [0.15, 0.2) is 35.4 Å². The second-order valence-corrected chi connectivity index (χ2v) is 6.39. The fourth-order valence-corrected chi connectivity index (χ4v) is 3.38. The van der Waals surface area contributed by atoms with Gasteiger partial charge in [-0.2, -0.15) is 0 Å². The van der Waals surface area contributed by atoms with Crippen LogP contribution in [0.3, 0.4) is 0 Å². The van der Waals surface area contributed by atoms with E-state index < -0.39 is 10.0 Å². The van der Waals surface area contributed by atoms with E-state index in [0.717, 1.165) is 11.1 Å². The second-order valence-electron chi connectivity index (χ2n) is 4.77. The number of hydrogen-bond acceptors (Lipinski definition) is 4. The average molecular weight is 291 g/mol. The van der Waals surface area contributed by atoms with Crippen molar-refractivity contribution in [3.63, 3.8) is 0 Å². The lowest BCUT2D eigenvalue weighted by molar-refractivity contribution is 0.601. The maximum absolute atomic E-state index is 12.5. The summed E-state index contributed by atoms with van der Waals surface area (Å²) in [4.78, 5) is 4.11. The van der Waals surface area contributed by atoms with E-state index >= 15 is 0 Å². The Labute approximate surface area is 118 Å². The summed E-state index contributed by atoms with van der Waals surface area (Å²) < 4.78 is 27.4. The molecule has 0 amide bonds. The van der Waals surface area contributed by atoms with E-state index in [1.54, 1.807) is 44.3 Å². The lowest BCUT2D eigenvalue weighted by Gasteiger charge is -2.14. The van der Waals surface area contributed by atoms with Gasteiger partial charge in [-0.15, -0.1) is 0 Å². The third-order valence-corrected chi connectivity index (χ3v) is 4.59. The highest BCUT2D eigenvalue weighted by atomic mass is 32.2. The Balaban J connectivity index is 2.49. The Morgan fingerprint density at radius 1 is 1.10 bits per heavy atom. The van der Waals surface area contributed by atoms with E-state index in [2.05, 4.69) is 9.71 Å². The Morgan fingerprint density at radius 2 is 1.75 bits per heavy atom. The molecule has 1 aromatic carbocycles. The Bertz CT molecular complexity index is 755. The average Bonchev–Trinajstić information content (AvgIpc) is 2.33. The number of nitrogens with zero attached hydrogens (tertiary/aromatic N) is 1. The fraction of sp³-hybridized carbons (Fsp3) is 0.214. The van der Waals surface area contributed by atoms with Gasteiger partial charge in [-0.3, -0.25) is 4.72 Å². The molecule has 2 rings (SSSR count). The molecule has 0 aliphatic carbocycles. The Kier molecular flexibility index (Phi) is 3.67. The van der Waals surface area contributed by atoms with Crippen LogP contribution in [0, 0.1) is 20.8 Å². The van der Waals surface area contributed by atoms with E-state index in [4.69, 9.17) is 5.73 Å². The molecule has 0 aliphatic rings. The lowest BCUT2D eigenvalue weighted by Crippen LogP contribution is -2.17. The zero-order valence-corrected chi connectivity index (χ0v) is 12.5.